The molecule has 1 N–H and O–H groups in total. The highest BCUT2D eigenvalue weighted by Crippen LogP contribution is 2.16. The molecular weight excluding hydrogens is 271 g/mol. The summed E-state index contributed by atoms with van der Waals surface area (Å²) < 4.78 is 13.4. The average molecular weight is 292 g/mol. The number of nitrogens with one attached hydrogen (secondary N) is 1. The van der Waals surface area contributed by atoms with E-state index in [9.17, 15) is 14.0 Å². The van der Waals surface area contributed by atoms with Crippen molar-refractivity contribution in [3.63, 3.8) is 0 Å². The number of hydrogen-bond donors (Lipinski definition) is 1. The van der Waals surface area contributed by atoms with E-state index in [1.54, 1.807) is 23.1 Å². The lowest BCUT2D eigenvalue weighted by Crippen LogP contribution is -2.40. The number of piperidine rings is 1. The molecule has 21 heavy (non-hydrogen) atoms. The van der Waals surface area contributed by atoms with Crippen LogP contribution in [0, 0.1) is 11.7 Å². The van der Waals surface area contributed by atoms with Gasteiger partial charge in [0.05, 0.1) is 0 Å². The molecule has 2 rings (SSSR count). The van der Waals surface area contributed by atoms with Crippen molar-refractivity contribution >= 4 is 11.8 Å². The largest absolute Gasteiger partial charge is 0.351 e. The molecule has 1 aromatic rings. The Labute approximate surface area is 124 Å². The molecule has 0 radical (unpaired) electrons. The maximum absolute atomic E-state index is 13.4. The van der Waals surface area contributed by atoms with Gasteiger partial charge in [-0.1, -0.05) is 25.1 Å². The minimum Gasteiger partial charge on any atom is -0.351 e. The molecule has 0 bridgehead atoms. The number of hydrogen-bond acceptors (Lipinski definition) is 2. The van der Waals surface area contributed by atoms with Gasteiger partial charge in [0.1, 0.15) is 12.2 Å². The van der Waals surface area contributed by atoms with E-state index in [1.165, 1.54) is 6.07 Å². The molecule has 0 saturated carbocycles. The van der Waals surface area contributed by atoms with Crippen LogP contribution in [0.2, 0.25) is 0 Å². The number of likely N-dealkylation sites (tertiary alicyclic amines) is 1. The van der Waals surface area contributed by atoms with Crippen molar-refractivity contribution < 1.29 is 14.0 Å². The summed E-state index contributed by atoms with van der Waals surface area (Å²) in [5.74, 6) is -0.215. The van der Waals surface area contributed by atoms with Crippen molar-refractivity contribution in [3.8, 4) is 0 Å². The van der Waals surface area contributed by atoms with E-state index in [1.807, 2.05) is 0 Å². The lowest BCUT2D eigenvalue weighted by Gasteiger charge is -2.30. The van der Waals surface area contributed by atoms with Crippen LogP contribution in [0.15, 0.2) is 24.3 Å². The highest BCUT2D eigenvalue weighted by molar-refractivity contribution is 5.96. The molecule has 0 unspecified atom stereocenters. The summed E-state index contributed by atoms with van der Waals surface area (Å²) in [7, 11) is 0. The zero-order chi connectivity index (χ0) is 15.2. The summed E-state index contributed by atoms with van der Waals surface area (Å²) in [5.41, 5.74) is 0.421. The van der Waals surface area contributed by atoms with Crippen LogP contribution in [0.4, 0.5) is 4.39 Å². The van der Waals surface area contributed by atoms with E-state index in [-0.39, 0.29) is 30.6 Å². The van der Waals surface area contributed by atoms with Gasteiger partial charge in [0, 0.05) is 25.2 Å². The van der Waals surface area contributed by atoms with E-state index >= 15 is 0 Å². The predicted molar refractivity (Wildman–Crippen MR) is 77.8 cm³/mol. The fourth-order valence-corrected chi connectivity index (χ4v) is 2.41. The summed E-state index contributed by atoms with van der Waals surface area (Å²) in [6.45, 7) is 3.72. The van der Waals surface area contributed by atoms with E-state index in [0.717, 1.165) is 25.9 Å². The van der Waals surface area contributed by atoms with Crippen LogP contribution in [0.5, 0.6) is 0 Å². The van der Waals surface area contributed by atoms with Crippen LogP contribution >= 0.6 is 0 Å². The molecule has 1 aliphatic heterocycles. The van der Waals surface area contributed by atoms with Gasteiger partial charge in [0.2, 0.25) is 11.8 Å². The standard InChI is InChI=1S/C16H21FN2O2/c1-12-6-8-19(9-7-12)16(21)10-15(20)18-11-13-4-2-3-5-14(13)17/h2-5,12H,6-11H2,1H3,(H,18,20). The van der Waals surface area contributed by atoms with Gasteiger partial charge in [-0.2, -0.15) is 0 Å². The van der Waals surface area contributed by atoms with Crippen LogP contribution in [-0.4, -0.2) is 29.8 Å². The SMILES string of the molecule is CC1CCN(C(=O)CC(=O)NCc2ccccc2F)CC1. The van der Waals surface area contributed by atoms with Crippen molar-refractivity contribution in [2.45, 2.75) is 32.7 Å². The molecule has 0 spiro atoms. The van der Waals surface area contributed by atoms with Gasteiger partial charge >= 0.3 is 0 Å². The number of nitrogens with zero attached hydrogens (tertiary/aromatic N) is 1. The minimum atomic E-state index is -0.359. The smallest absolute Gasteiger partial charge is 0.232 e. The number of rotatable bonds is 4. The van der Waals surface area contributed by atoms with Crippen molar-refractivity contribution in [3.05, 3.63) is 35.6 Å². The predicted octanol–water partition coefficient (Wildman–Crippen LogP) is 2.09. The fraction of sp³-hybridized carbons (Fsp3) is 0.500. The topological polar surface area (TPSA) is 49.4 Å². The third-order valence-electron chi connectivity index (χ3n) is 3.88. The first-order chi connectivity index (χ1) is 10.1. The number of carbonyl (C=O) groups is 2. The molecule has 0 aliphatic carbocycles. The minimum absolute atomic E-state index is 0.107. The second-order valence-electron chi connectivity index (χ2n) is 5.61. The van der Waals surface area contributed by atoms with E-state index in [4.69, 9.17) is 0 Å². The normalized spacial score (nSPS) is 15.8. The first-order valence-corrected chi connectivity index (χ1v) is 7.34. The van der Waals surface area contributed by atoms with Gasteiger partial charge in [-0.05, 0) is 24.8 Å². The monoisotopic (exact) mass is 292 g/mol. The van der Waals surface area contributed by atoms with Gasteiger partial charge in [-0.25, -0.2) is 4.39 Å². The highest BCUT2D eigenvalue weighted by atomic mass is 19.1. The van der Waals surface area contributed by atoms with Gasteiger partial charge < -0.3 is 10.2 Å². The number of amides is 2. The quantitative estimate of drug-likeness (QED) is 0.864. The second-order valence-corrected chi connectivity index (χ2v) is 5.61. The number of benzene rings is 1. The van der Waals surface area contributed by atoms with Gasteiger partial charge in [-0.15, -0.1) is 0 Å². The molecule has 114 valence electrons. The lowest BCUT2D eigenvalue weighted by molar-refractivity contribution is -0.137. The molecule has 0 atom stereocenters. The molecule has 5 heteroatoms. The van der Waals surface area contributed by atoms with Crippen molar-refractivity contribution in [2.75, 3.05) is 13.1 Å². The Morgan fingerprint density at radius 3 is 2.62 bits per heavy atom. The van der Waals surface area contributed by atoms with E-state index < -0.39 is 0 Å². The Kier molecular flexibility index (Phi) is 5.31. The van der Waals surface area contributed by atoms with Gasteiger partial charge in [0.15, 0.2) is 0 Å². The first kappa shape index (κ1) is 15.5. The van der Waals surface area contributed by atoms with E-state index in [0.29, 0.717) is 11.5 Å². The van der Waals surface area contributed by atoms with Crippen LogP contribution in [-0.2, 0) is 16.1 Å². The molecule has 1 aliphatic rings. The van der Waals surface area contributed by atoms with Crippen molar-refractivity contribution in [2.24, 2.45) is 5.92 Å². The zero-order valence-corrected chi connectivity index (χ0v) is 12.3. The Morgan fingerprint density at radius 2 is 1.95 bits per heavy atom. The average Bonchev–Trinajstić information content (AvgIpc) is 2.47. The molecule has 1 heterocycles. The molecule has 2 amide bonds. The Morgan fingerprint density at radius 1 is 1.29 bits per heavy atom. The zero-order valence-electron chi connectivity index (χ0n) is 12.3. The van der Waals surface area contributed by atoms with Crippen LogP contribution in [0.25, 0.3) is 0 Å². The summed E-state index contributed by atoms with van der Waals surface area (Å²) in [6, 6.07) is 6.27. The molecule has 1 saturated heterocycles. The third-order valence-corrected chi connectivity index (χ3v) is 3.88. The fourth-order valence-electron chi connectivity index (χ4n) is 2.41. The maximum atomic E-state index is 13.4. The highest BCUT2D eigenvalue weighted by Gasteiger charge is 2.21. The lowest BCUT2D eigenvalue weighted by atomic mass is 9.99. The number of carbonyl (C=O) groups excluding carboxylic acids is 2. The molecular formula is C16H21FN2O2. The Hall–Kier alpha value is -1.91. The van der Waals surface area contributed by atoms with Crippen molar-refractivity contribution in [1.82, 2.24) is 10.2 Å². The Bertz CT molecular complexity index is 511. The van der Waals surface area contributed by atoms with Gasteiger partial charge in [0.25, 0.3) is 0 Å². The van der Waals surface area contributed by atoms with Crippen LogP contribution in [0.1, 0.15) is 31.7 Å². The summed E-state index contributed by atoms with van der Waals surface area (Å²) in [6.07, 6.45) is 1.81. The van der Waals surface area contributed by atoms with Crippen molar-refractivity contribution in [1.29, 1.82) is 0 Å². The third kappa shape index (κ3) is 4.55. The maximum Gasteiger partial charge on any atom is 0.232 e. The first-order valence-electron chi connectivity index (χ1n) is 7.34. The Balaban J connectivity index is 1.77. The summed E-state index contributed by atoms with van der Waals surface area (Å²) in [4.78, 5) is 25.5. The van der Waals surface area contributed by atoms with Gasteiger partial charge in [-0.3, -0.25) is 9.59 Å². The second kappa shape index (κ2) is 7.20. The summed E-state index contributed by atoms with van der Waals surface area (Å²) in [5, 5.41) is 2.59. The van der Waals surface area contributed by atoms with E-state index in [2.05, 4.69) is 12.2 Å². The van der Waals surface area contributed by atoms with Crippen LogP contribution in [0.3, 0.4) is 0 Å². The molecule has 1 fully saturated rings. The molecule has 1 aromatic carbocycles. The van der Waals surface area contributed by atoms with Crippen LogP contribution < -0.4 is 5.32 Å². The molecule has 4 nitrogen and oxygen atoms in total. The number of halogens is 1. The summed E-state index contributed by atoms with van der Waals surface area (Å²) >= 11 is 0. The molecule has 0 aromatic heterocycles.